The van der Waals surface area contributed by atoms with E-state index in [1.165, 1.54) is 0 Å². The summed E-state index contributed by atoms with van der Waals surface area (Å²) >= 11 is 0. The number of hydrogen-bond donors (Lipinski definition) is 0. The van der Waals surface area contributed by atoms with Crippen molar-refractivity contribution in [3.8, 4) is 0 Å². The molecule has 2 heterocycles. The number of amides is 1. The Morgan fingerprint density at radius 1 is 1.17 bits per heavy atom. The van der Waals surface area contributed by atoms with Crippen LogP contribution in [-0.2, 0) is 13.0 Å². The Bertz CT molecular complexity index is 852. The van der Waals surface area contributed by atoms with E-state index in [0.717, 1.165) is 35.3 Å². The predicted molar refractivity (Wildman–Crippen MR) is 96.2 cm³/mol. The van der Waals surface area contributed by atoms with Crippen molar-refractivity contribution < 1.29 is 4.79 Å². The number of benzene rings is 1. The topological polar surface area (TPSA) is 37.6 Å². The lowest BCUT2D eigenvalue weighted by molar-refractivity contribution is 0.0777. The highest BCUT2D eigenvalue weighted by atomic mass is 16.2. The molecule has 0 saturated carbocycles. The van der Waals surface area contributed by atoms with E-state index in [2.05, 4.69) is 11.9 Å². The lowest BCUT2D eigenvalue weighted by atomic mass is 10.1. The van der Waals surface area contributed by atoms with Gasteiger partial charge in [-0.2, -0.15) is 0 Å². The minimum Gasteiger partial charge on any atom is -0.336 e. The second-order valence-electron chi connectivity index (χ2n) is 6.24. The maximum Gasteiger partial charge on any atom is 0.272 e. The van der Waals surface area contributed by atoms with Crippen molar-refractivity contribution in [3.05, 3.63) is 71.2 Å². The second kappa shape index (κ2) is 6.87. The summed E-state index contributed by atoms with van der Waals surface area (Å²) in [6.45, 7) is 4.72. The molecule has 0 aliphatic heterocycles. The summed E-state index contributed by atoms with van der Waals surface area (Å²) in [5.41, 5.74) is 4.64. The number of rotatable bonds is 5. The molecule has 1 aromatic carbocycles. The molecule has 0 N–H and O–H groups in total. The first-order valence-electron chi connectivity index (χ1n) is 8.37. The van der Waals surface area contributed by atoms with Gasteiger partial charge >= 0.3 is 0 Å². The van der Waals surface area contributed by atoms with Crippen molar-refractivity contribution in [3.63, 3.8) is 0 Å². The van der Waals surface area contributed by atoms with Crippen LogP contribution < -0.4 is 0 Å². The highest BCUT2D eigenvalue weighted by molar-refractivity contribution is 5.94. The van der Waals surface area contributed by atoms with E-state index in [1.54, 1.807) is 4.90 Å². The Hall–Kier alpha value is -2.62. The summed E-state index contributed by atoms with van der Waals surface area (Å²) < 4.78 is 1.93. The molecule has 4 nitrogen and oxygen atoms in total. The highest BCUT2D eigenvalue weighted by Crippen LogP contribution is 2.18. The molecule has 0 radical (unpaired) electrons. The van der Waals surface area contributed by atoms with Crippen molar-refractivity contribution in [1.82, 2.24) is 14.3 Å². The van der Waals surface area contributed by atoms with Crippen molar-refractivity contribution in [1.29, 1.82) is 0 Å². The normalized spacial score (nSPS) is 11.0. The van der Waals surface area contributed by atoms with Gasteiger partial charge in [-0.05, 0) is 30.5 Å². The van der Waals surface area contributed by atoms with Crippen LogP contribution in [0, 0.1) is 6.92 Å². The van der Waals surface area contributed by atoms with Gasteiger partial charge in [-0.1, -0.05) is 49.7 Å². The standard InChI is InChI=1S/C20H23N3O/c1-4-8-17-19(23-13-15(2)11-12-18(23)21-17)20(24)22(3)14-16-9-6-5-7-10-16/h5-7,9-13H,4,8,14H2,1-3H3. The maximum atomic E-state index is 13.1. The van der Waals surface area contributed by atoms with Crippen LogP contribution in [-0.4, -0.2) is 27.2 Å². The molecule has 124 valence electrons. The smallest absolute Gasteiger partial charge is 0.272 e. The second-order valence-corrected chi connectivity index (χ2v) is 6.24. The zero-order valence-electron chi connectivity index (χ0n) is 14.5. The van der Waals surface area contributed by atoms with Crippen LogP contribution in [0.4, 0.5) is 0 Å². The van der Waals surface area contributed by atoms with Crippen LogP contribution in [0.1, 0.15) is 40.7 Å². The molecule has 0 saturated heterocycles. The number of carbonyl (C=O) groups is 1. The summed E-state index contributed by atoms with van der Waals surface area (Å²) in [5.74, 6) is 0.0143. The fourth-order valence-corrected chi connectivity index (χ4v) is 2.95. The third kappa shape index (κ3) is 3.18. The largest absolute Gasteiger partial charge is 0.336 e. The summed E-state index contributed by atoms with van der Waals surface area (Å²) in [6, 6.07) is 14.0. The first kappa shape index (κ1) is 16.2. The minimum absolute atomic E-state index is 0.0143. The summed E-state index contributed by atoms with van der Waals surface area (Å²) in [4.78, 5) is 19.5. The molecule has 1 amide bonds. The van der Waals surface area contributed by atoms with Gasteiger partial charge < -0.3 is 4.90 Å². The number of pyridine rings is 1. The van der Waals surface area contributed by atoms with Crippen LogP contribution in [0.3, 0.4) is 0 Å². The van der Waals surface area contributed by atoms with Crippen LogP contribution >= 0.6 is 0 Å². The van der Waals surface area contributed by atoms with Crippen LogP contribution in [0.5, 0.6) is 0 Å². The number of nitrogens with zero attached hydrogens (tertiary/aromatic N) is 3. The molecular weight excluding hydrogens is 298 g/mol. The lowest BCUT2D eigenvalue weighted by Gasteiger charge is -2.18. The maximum absolute atomic E-state index is 13.1. The van der Waals surface area contributed by atoms with Gasteiger partial charge in [0.2, 0.25) is 0 Å². The van der Waals surface area contributed by atoms with Crippen LogP contribution in [0.2, 0.25) is 0 Å². The number of imidazole rings is 1. The highest BCUT2D eigenvalue weighted by Gasteiger charge is 2.22. The van der Waals surface area contributed by atoms with E-state index in [0.29, 0.717) is 12.2 Å². The Labute approximate surface area is 142 Å². The Morgan fingerprint density at radius 2 is 1.92 bits per heavy atom. The van der Waals surface area contributed by atoms with Crippen molar-refractivity contribution >= 4 is 11.6 Å². The van der Waals surface area contributed by atoms with E-state index < -0.39 is 0 Å². The molecule has 0 aliphatic carbocycles. The first-order valence-corrected chi connectivity index (χ1v) is 8.37. The average molecular weight is 321 g/mol. The van der Waals surface area contributed by atoms with Crippen LogP contribution in [0.25, 0.3) is 5.65 Å². The zero-order chi connectivity index (χ0) is 17.1. The number of aryl methyl sites for hydroxylation is 2. The average Bonchev–Trinajstić information content (AvgIpc) is 2.92. The van der Waals surface area contributed by atoms with Crippen molar-refractivity contribution in [2.24, 2.45) is 0 Å². The molecule has 3 aromatic rings. The number of aromatic nitrogens is 2. The molecule has 24 heavy (non-hydrogen) atoms. The number of hydrogen-bond acceptors (Lipinski definition) is 2. The first-order chi connectivity index (χ1) is 11.6. The lowest BCUT2D eigenvalue weighted by Crippen LogP contribution is -2.28. The molecular formula is C20H23N3O. The zero-order valence-corrected chi connectivity index (χ0v) is 14.5. The van der Waals surface area contributed by atoms with Crippen LogP contribution in [0.15, 0.2) is 48.7 Å². The van der Waals surface area contributed by atoms with Gasteiger partial charge in [0.1, 0.15) is 11.3 Å². The number of carbonyl (C=O) groups excluding carboxylic acids is 1. The Kier molecular flexibility index (Phi) is 4.65. The van der Waals surface area contributed by atoms with Gasteiger partial charge in [-0.3, -0.25) is 9.20 Å². The van der Waals surface area contributed by atoms with Gasteiger partial charge in [0.05, 0.1) is 5.69 Å². The molecule has 4 heteroatoms. The summed E-state index contributed by atoms with van der Waals surface area (Å²) in [7, 11) is 1.85. The molecule has 0 aliphatic rings. The molecule has 0 fully saturated rings. The van der Waals surface area contributed by atoms with Gasteiger partial charge in [0, 0.05) is 19.8 Å². The predicted octanol–water partition coefficient (Wildman–Crippen LogP) is 3.87. The SMILES string of the molecule is CCCc1nc2ccc(C)cn2c1C(=O)N(C)Cc1ccccc1. The summed E-state index contributed by atoms with van der Waals surface area (Å²) in [6.07, 6.45) is 3.76. The third-order valence-electron chi connectivity index (χ3n) is 4.14. The fraction of sp³-hybridized carbons (Fsp3) is 0.300. The van der Waals surface area contributed by atoms with Gasteiger partial charge in [0.15, 0.2) is 0 Å². The van der Waals surface area contributed by atoms with Crippen molar-refractivity contribution in [2.45, 2.75) is 33.2 Å². The van der Waals surface area contributed by atoms with Gasteiger partial charge in [-0.15, -0.1) is 0 Å². The quantitative estimate of drug-likeness (QED) is 0.715. The van der Waals surface area contributed by atoms with E-state index in [9.17, 15) is 4.79 Å². The van der Waals surface area contributed by atoms with E-state index >= 15 is 0 Å². The van der Waals surface area contributed by atoms with E-state index in [4.69, 9.17) is 0 Å². The Morgan fingerprint density at radius 3 is 2.62 bits per heavy atom. The molecule has 0 spiro atoms. The van der Waals surface area contributed by atoms with Gasteiger partial charge in [0.25, 0.3) is 5.91 Å². The fourth-order valence-electron chi connectivity index (χ4n) is 2.95. The molecule has 0 unspecified atom stereocenters. The molecule has 0 atom stereocenters. The monoisotopic (exact) mass is 321 g/mol. The van der Waals surface area contributed by atoms with Gasteiger partial charge in [-0.25, -0.2) is 4.98 Å². The van der Waals surface area contributed by atoms with E-state index in [-0.39, 0.29) is 5.91 Å². The molecule has 0 bridgehead atoms. The third-order valence-corrected chi connectivity index (χ3v) is 4.14. The van der Waals surface area contributed by atoms with E-state index in [1.807, 2.05) is 67.0 Å². The van der Waals surface area contributed by atoms with Crippen molar-refractivity contribution in [2.75, 3.05) is 7.05 Å². The molecule has 3 rings (SSSR count). The molecule has 2 aromatic heterocycles. The summed E-state index contributed by atoms with van der Waals surface area (Å²) in [5, 5.41) is 0. The Balaban J connectivity index is 1.98. The number of fused-ring (bicyclic) bond motifs is 1. The minimum atomic E-state index is 0.0143.